The number of benzene rings is 2. The first-order valence-electron chi connectivity index (χ1n) is 9.51. The van der Waals surface area contributed by atoms with E-state index < -0.39 is 11.6 Å². The van der Waals surface area contributed by atoms with Crippen molar-refractivity contribution in [1.82, 2.24) is 14.8 Å². The molecule has 1 N–H and O–H groups in total. The summed E-state index contributed by atoms with van der Waals surface area (Å²) in [5, 5.41) is 16.2. The maximum absolute atomic E-state index is 15.8. The van der Waals surface area contributed by atoms with Gasteiger partial charge in [-0.15, -0.1) is 6.42 Å². The van der Waals surface area contributed by atoms with Gasteiger partial charge in [0.05, 0.1) is 23.5 Å². The number of hydrogen-bond acceptors (Lipinski definition) is 3. The number of phenolic OH excluding ortho intramolecular Hbond substituents is 1. The molecule has 1 aliphatic carbocycles. The highest BCUT2D eigenvalue weighted by atomic mass is 19.1. The maximum Gasteiger partial charge on any atom is 0.175 e. The van der Waals surface area contributed by atoms with Crippen LogP contribution in [0, 0.1) is 24.0 Å². The predicted molar refractivity (Wildman–Crippen MR) is 108 cm³/mol. The molecule has 4 aromatic rings. The van der Waals surface area contributed by atoms with Crippen molar-refractivity contribution in [2.75, 3.05) is 0 Å². The van der Waals surface area contributed by atoms with Gasteiger partial charge in [0.25, 0.3) is 0 Å². The third-order valence-corrected chi connectivity index (χ3v) is 5.45. The molecular formula is C23H17F2N3O. The number of aryl methyl sites for hydroxylation is 1. The lowest BCUT2D eigenvalue weighted by Gasteiger charge is -2.14. The number of nitrogens with zero attached hydrogens (tertiary/aromatic N) is 3. The fourth-order valence-electron chi connectivity index (χ4n) is 3.95. The summed E-state index contributed by atoms with van der Waals surface area (Å²) in [4.78, 5) is 4.55. The first kappa shape index (κ1) is 17.6. The third-order valence-electron chi connectivity index (χ3n) is 5.45. The molecule has 1 aliphatic rings. The summed E-state index contributed by atoms with van der Waals surface area (Å²) in [6.07, 6.45) is 9.70. The van der Waals surface area contributed by atoms with Crippen LogP contribution in [0.4, 0.5) is 8.78 Å². The zero-order valence-electron chi connectivity index (χ0n) is 15.7. The van der Waals surface area contributed by atoms with Gasteiger partial charge in [-0.1, -0.05) is 18.9 Å². The second-order valence-corrected chi connectivity index (χ2v) is 7.32. The Bertz CT molecular complexity index is 1350. The van der Waals surface area contributed by atoms with E-state index in [0.29, 0.717) is 33.8 Å². The number of phenols is 1. The Morgan fingerprint density at radius 3 is 2.76 bits per heavy atom. The number of rotatable bonds is 3. The van der Waals surface area contributed by atoms with Gasteiger partial charge < -0.3 is 5.11 Å². The van der Waals surface area contributed by atoms with Crippen molar-refractivity contribution in [2.45, 2.75) is 32.2 Å². The zero-order chi connectivity index (χ0) is 20.3. The second kappa shape index (κ2) is 6.28. The summed E-state index contributed by atoms with van der Waals surface area (Å²) in [5.41, 5.74) is 1.42. The lowest BCUT2D eigenvalue weighted by Crippen LogP contribution is -2.03. The average Bonchev–Trinajstić information content (AvgIpc) is 3.46. The highest BCUT2D eigenvalue weighted by Gasteiger charge is 2.29. The molecule has 29 heavy (non-hydrogen) atoms. The van der Waals surface area contributed by atoms with E-state index in [1.54, 1.807) is 10.9 Å². The minimum absolute atomic E-state index is 0.0209. The molecule has 2 aromatic heterocycles. The third kappa shape index (κ3) is 2.58. The monoisotopic (exact) mass is 389 g/mol. The highest BCUT2D eigenvalue weighted by molar-refractivity contribution is 6.02. The van der Waals surface area contributed by atoms with Gasteiger partial charge in [-0.3, -0.25) is 4.68 Å². The molecule has 0 aliphatic heterocycles. The van der Waals surface area contributed by atoms with E-state index in [-0.39, 0.29) is 28.6 Å². The van der Waals surface area contributed by atoms with Gasteiger partial charge in [0.2, 0.25) is 0 Å². The molecule has 0 bridgehead atoms. The fourth-order valence-corrected chi connectivity index (χ4v) is 3.95. The summed E-state index contributed by atoms with van der Waals surface area (Å²) in [6.45, 7) is 1.94. The van der Waals surface area contributed by atoms with Gasteiger partial charge in [-0.2, -0.15) is 5.10 Å². The molecule has 144 valence electrons. The first-order valence-corrected chi connectivity index (χ1v) is 9.51. The van der Waals surface area contributed by atoms with Gasteiger partial charge in [-0.25, -0.2) is 13.8 Å². The molecule has 5 rings (SSSR count). The maximum atomic E-state index is 15.8. The Labute approximate surface area is 165 Å². The highest BCUT2D eigenvalue weighted by Crippen LogP contribution is 2.41. The van der Waals surface area contributed by atoms with Crippen LogP contribution in [0.25, 0.3) is 32.9 Å². The molecule has 4 nitrogen and oxygen atoms in total. The fraction of sp³-hybridized carbons (Fsp3) is 0.217. The molecule has 0 spiro atoms. The largest absolute Gasteiger partial charge is 0.508 e. The van der Waals surface area contributed by atoms with Crippen molar-refractivity contribution in [1.29, 1.82) is 0 Å². The van der Waals surface area contributed by atoms with Crippen LogP contribution in [-0.4, -0.2) is 19.9 Å². The molecular weight excluding hydrogens is 372 g/mol. The Balaban J connectivity index is 1.93. The summed E-state index contributed by atoms with van der Waals surface area (Å²) in [5.74, 6) is 1.17. The van der Waals surface area contributed by atoms with Gasteiger partial charge in [0, 0.05) is 16.3 Å². The SMILES string of the molecule is C#Cc1c(F)ccc2cc(O)cc(-c3nc(CC)c4cnn(C5CC5)c4c3F)c12. The van der Waals surface area contributed by atoms with E-state index in [1.165, 1.54) is 24.3 Å². The first-order chi connectivity index (χ1) is 14.0. The van der Waals surface area contributed by atoms with Gasteiger partial charge in [-0.05, 0) is 42.8 Å². The lowest BCUT2D eigenvalue weighted by atomic mass is 9.95. The number of fused-ring (bicyclic) bond motifs is 2. The molecule has 2 aromatic carbocycles. The topological polar surface area (TPSA) is 50.9 Å². The van der Waals surface area contributed by atoms with Crippen LogP contribution in [-0.2, 0) is 6.42 Å². The van der Waals surface area contributed by atoms with Crippen molar-refractivity contribution in [3.8, 4) is 29.4 Å². The molecule has 2 heterocycles. The minimum Gasteiger partial charge on any atom is -0.508 e. The molecule has 0 amide bonds. The molecule has 0 atom stereocenters. The standard InChI is InChI=1S/C23H17F2N3O/c1-3-15-18(24)8-5-12-9-14(29)10-16(20(12)15)22-21(25)23-17(19(4-2)27-22)11-26-28(23)13-6-7-13/h1,5,8-11,13,29H,4,6-7H2,2H3. The molecule has 1 saturated carbocycles. The van der Waals surface area contributed by atoms with Crippen LogP contribution in [0.3, 0.4) is 0 Å². The number of halogens is 2. The Morgan fingerprint density at radius 1 is 1.28 bits per heavy atom. The van der Waals surface area contributed by atoms with E-state index in [9.17, 15) is 9.50 Å². The van der Waals surface area contributed by atoms with Crippen LogP contribution >= 0.6 is 0 Å². The number of hydrogen-bond donors (Lipinski definition) is 1. The number of terminal acetylenes is 1. The summed E-state index contributed by atoms with van der Waals surface area (Å²) < 4.78 is 31.9. The predicted octanol–water partition coefficient (Wildman–Crippen LogP) is 5.11. The van der Waals surface area contributed by atoms with Gasteiger partial charge >= 0.3 is 0 Å². The molecule has 6 heteroatoms. The van der Waals surface area contributed by atoms with Gasteiger partial charge in [0.1, 0.15) is 22.8 Å². The van der Waals surface area contributed by atoms with E-state index >= 15 is 4.39 Å². The van der Waals surface area contributed by atoms with Crippen molar-refractivity contribution in [3.05, 3.63) is 53.4 Å². The van der Waals surface area contributed by atoms with Crippen molar-refractivity contribution >= 4 is 21.7 Å². The lowest BCUT2D eigenvalue weighted by molar-refractivity contribution is 0.476. The van der Waals surface area contributed by atoms with E-state index in [2.05, 4.69) is 16.0 Å². The number of aromatic hydroxyl groups is 1. The molecule has 0 radical (unpaired) electrons. The average molecular weight is 389 g/mol. The number of pyridine rings is 1. The van der Waals surface area contributed by atoms with E-state index in [4.69, 9.17) is 6.42 Å². The summed E-state index contributed by atoms with van der Waals surface area (Å²) in [6, 6.07) is 5.80. The van der Waals surface area contributed by atoms with Crippen LogP contribution in [0.5, 0.6) is 5.75 Å². The Kier molecular flexibility index (Phi) is 3.82. The van der Waals surface area contributed by atoms with Crippen LogP contribution in [0.2, 0.25) is 0 Å². The van der Waals surface area contributed by atoms with E-state index in [0.717, 1.165) is 12.8 Å². The van der Waals surface area contributed by atoms with Crippen LogP contribution in [0.1, 0.15) is 37.1 Å². The Hall–Kier alpha value is -3.46. The Morgan fingerprint density at radius 2 is 2.07 bits per heavy atom. The van der Waals surface area contributed by atoms with E-state index in [1.807, 2.05) is 6.92 Å². The van der Waals surface area contributed by atoms with Gasteiger partial charge in [0.15, 0.2) is 5.82 Å². The van der Waals surface area contributed by atoms with Crippen LogP contribution in [0.15, 0.2) is 30.5 Å². The molecule has 0 saturated heterocycles. The smallest absolute Gasteiger partial charge is 0.175 e. The zero-order valence-corrected chi connectivity index (χ0v) is 15.7. The number of aromatic nitrogens is 3. The van der Waals surface area contributed by atoms with Crippen molar-refractivity contribution in [2.24, 2.45) is 0 Å². The molecule has 0 unspecified atom stereocenters. The molecule has 1 fully saturated rings. The van der Waals surface area contributed by atoms with Crippen molar-refractivity contribution < 1.29 is 13.9 Å². The normalized spacial score (nSPS) is 13.9. The van der Waals surface area contributed by atoms with Crippen molar-refractivity contribution in [3.63, 3.8) is 0 Å². The second-order valence-electron chi connectivity index (χ2n) is 7.32. The quantitative estimate of drug-likeness (QED) is 0.495. The summed E-state index contributed by atoms with van der Waals surface area (Å²) in [7, 11) is 0. The minimum atomic E-state index is -0.577. The van der Waals surface area contributed by atoms with Crippen LogP contribution < -0.4 is 0 Å². The summed E-state index contributed by atoms with van der Waals surface area (Å²) >= 11 is 0.